The molecule has 9 heteroatoms. The molecule has 0 saturated carbocycles. The number of carbonyl (C=O) groups is 1. The van der Waals surface area contributed by atoms with Gasteiger partial charge in [0.15, 0.2) is 17.5 Å². The molecule has 2 heterocycles. The van der Waals surface area contributed by atoms with Gasteiger partial charge in [-0.1, -0.05) is 60.7 Å². The highest BCUT2D eigenvalue weighted by Gasteiger charge is 2.30. The van der Waals surface area contributed by atoms with Crippen molar-refractivity contribution >= 4 is 5.91 Å². The number of hydrogen-bond donors (Lipinski definition) is 0. The van der Waals surface area contributed by atoms with Crippen LogP contribution < -0.4 is 0 Å². The first kappa shape index (κ1) is 22.8. The van der Waals surface area contributed by atoms with Crippen LogP contribution in [0.15, 0.2) is 78.9 Å². The highest BCUT2D eigenvalue weighted by atomic mass is 19.2. The molecule has 0 atom stereocenters. The minimum Gasteiger partial charge on any atom is -0.339 e. The Kier molecular flexibility index (Phi) is 6.58. The summed E-state index contributed by atoms with van der Waals surface area (Å²) in [6, 6.07) is 23.2. The summed E-state index contributed by atoms with van der Waals surface area (Å²) >= 11 is 0. The van der Waals surface area contributed by atoms with Crippen LogP contribution in [0.4, 0.5) is 8.78 Å². The Labute approximate surface area is 201 Å². The van der Waals surface area contributed by atoms with E-state index in [-0.39, 0.29) is 11.8 Å². The van der Waals surface area contributed by atoms with Crippen molar-refractivity contribution in [2.24, 2.45) is 0 Å². The molecule has 5 rings (SSSR count). The van der Waals surface area contributed by atoms with E-state index in [0.29, 0.717) is 44.2 Å². The van der Waals surface area contributed by atoms with Gasteiger partial charge in [0.1, 0.15) is 0 Å². The highest BCUT2D eigenvalue weighted by molar-refractivity contribution is 5.87. The molecule has 1 saturated heterocycles. The van der Waals surface area contributed by atoms with E-state index in [1.165, 1.54) is 10.7 Å². The third-order valence-electron chi connectivity index (χ3n) is 6.24. The lowest BCUT2D eigenvalue weighted by Gasteiger charge is -2.36. The molecule has 0 N–H and O–H groups in total. The summed E-state index contributed by atoms with van der Waals surface area (Å²) in [7, 11) is 0. The SMILES string of the molecule is O=C(C(c1ccccc1)c1ccccc1)N1CCN(Cc2nnnn2-c2ccc(F)c(F)c2)CC1. The molecule has 178 valence electrons. The van der Waals surface area contributed by atoms with Crippen LogP contribution in [0.3, 0.4) is 0 Å². The first-order valence-corrected chi connectivity index (χ1v) is 11.4. The van der Waals surface area contributed by atoms with Crippen molar-refractivity contribution in [2.75, 3.05) is 26.2 Å². The summed E-state index contributed by atoms with van der Waals surface area (Å²) in [5.74, 6) is -1.64. The Bertz CT molecular complexity index is 1250. The van der Waals surface area contributed by atoms with Gasteiger partial charge in [-0.05, 0) is 33.7 Å². The van der Waals surface area contributed by atoms with E-state index in [4.69, 9.17) is 0 Å². The van der Waals surface area contributed by atoms with Gasteiger partial charge < -0.3 is 4.90 Å². The van der Waals surface area contributed by atoms with Crippen LogP contribution in [-0.2, 0) is 11.3 Å². The van der Waals surface area contributed by atoms with Crippen molar-refractivity contribution < 1.29 is 13.6 Å². The molecular weight excluding hydrogens is 450 g/mol. The number of piperazine rings is 1. The summed E-state index contributed by atoms with van der Waals surface area (Å²) < 4.78 is 28.4. The fraction of sp³-hybridized carbons (Fsp3) is 0.231. The van der Waals surface area contributed by atoms with Gasteiger partial charge in [-0.15, -0.1) is 5.10 Å². The predicted molar refractivity (Wildman–Crippen MR) is 126 cm³/mol. The van der Waals surface area contributed by atoms with E-state index < -0.39 is 11.6 Å². The number of carbonyl (C=O) groups excluding carboxylic acids is 1. The Morgan fingerprint density at radius 3 is 2.06 bits per heavy atom. The summed E-state index contributed by atoms with van der Waals surface area (Å²) in [6.45, 7) is 2.86. The lowest BCUT2D eigenvalue weighted by atomic mass is 9.90. The number of tetrazole rings is 1. The number of rotatable bonds is 6. The average molecular weight is 475 g/mol. The molecule has 0 aliphatic carbocycles. The van der Waals surface area contributed by atoms with Crippen molar-refractivity contribution in [3.8, 4) is 5.69 Å². The third kappa shape index (κ3) is 4.95. The maximum Gasteiger partial charge on any atom is 0.234 e. The Hall–Kier alpha value is -3.98. The van der Waals surface area contributed by atoms with Crippen molar-refractivity contribution in [2.45, 2.75) is 12.5 Å². The predicted octanol–water partition coefficient (Wildman–Crippen LogP) is 3.42. The molecule has 7 nitrogen and oxygen atoms in total. The van der Waals surface area contributed by atoms with Gasteiger partial charge in [-0.2, -0.15) is 4.68 Å². The normalized spacial score (nSPS) is 14.4. The first-order valence-electron chi connectivity index (χ1n) is 11.4. The molecule has 0 spiro atoms. The van der Waals surface area contributed by atoms with E-state index in [1.54, 1.807) is 0 Å². The molecule has 3 aromatic carbocycles. The molecule has 0 radical (unpaired) electrons. The van der Waals surface area contributed by atoms with Crippen LogP contribution >= 0.6 is 0 Å². The Balaban J connectivity index is 1.27. The maximum absolute atomic E-state index is 13.7. The molecule has 1 fully saturated rings. The van der Waals surface area contributed by atoms with E-state index in [2.05, 4.69) is 20.4 Å². The van der Waals surface area contributed by atoms with Crippen molar-refractivity contribution in [3.63, 3.8) is 0 Å². The van der Waals surface area contributed by atoms with E-state index in [1.807, 2.05) is 65.6 Å². The minimum absolute atomic E-state index is 0.0775. The van der Waals surface area contributed by atoms with Crippen LogP contribution in [0.2, 0.25) is 0 Å². The number of nitrogens with zero attached hydrogens (tertiary/aromatic N) is 6. The van der Waals surface area contributed by atoms with Gasteiger partial charge in [0.25, 0.3) is 0 Å². The molecule has 0 bridgehead atoms. The fourth-order valence-electron chi connectivity index (χ4n) is 4.40. The Morgan fingerprint density at radius 1 is 0.829 bits per heavy atom. The molecule has 0 unspecified atom stereocenters. The first-order chi connectivity index (χ1) is 17.1. The zero-order valence-corrected chi connectivity index (χ0v) is 19.0. The van der Waals surface area contributed by atoms with Gasteiger partial charge in [0.2, 0.25) is 5.91 Å². The van der Waals surface area contributed by atoms with Gasteiger partial charge >= 0.3 is 0 Å². The standard InChI is InChI=1S/C26H24F2N6O/c27-22-12-11-21(17-23(22)28)34-24(29-30-31-34)18-32-13-15-33(16-14-32)26(35)25(19-7-3-1-4-8-19)20-9-5-2-6-10-20/h1-12,17,25H,13-16,18H2. The van der Waals surface area contributed by atoms with E-state index >= 15 is 0 Å². The molecule has 1 aliphatic heterocycles. The lowest BCUT2D eigenvalue weighted by Crippen LogP contribution is -2.49. The number of amides is 1. The fourth-order valence-corrected chi connectivity index (χ4v) is 4.40. The zero-order chi connectivity index (χ0) is 24.2. The quantitative estimate of drug-likeness (QED) is 0.429. The summed E-state index contributed by atoms with van der Waals surface area (Å²) in [5, 5.41) is 11.7. The van der Waals surface area contributed by atoms with Crippen LogP contribution in [0.25, 0.3) is 5.69 Å². The zero-order valence-electron chi connectivity index (χ0n) is 19.0. The second-order valence-corrected chi connectivity index (χ2v) is 8.46. The smallest absolute Gasteiger partial charge is 0.234 e. The maximum atomic E-state index is 13.7. The average Bonchev–Trinajstić information content (AvgIpc) is 3.35. The number of aromatic nitrogens is 4. The molecule has 4 aromatic rings. The summed E-state index contributed by atoms with van der Waals surface area (Å²) in [4.78, 5) is 17.7. The largest absolute Gasteiger partial charge is 0.339 e. The molecule has 35 heavy (non-hydrogen) atoms. The Morgan fingerprint density at radius 2 is 1.46 bits per heavy atom. The van der Waals surface area contributed by atoms with E-state index in [0.717, 1.165) is 23.3 Å². The van der Waals surface area contributed by atoms with Crippen molar-refractivity contribution in [1.29, 1.82) is 0 Å². The van der Waals surface area contributed by atoms with Gasteiger partial charge in [-0.25, -0.2) is 8.78 Å². The summed E-state index contributed by atoms with van der Waals surface area (Å²) in [5.41, 5.74) is 2.29. The minimum atomic E-state index is -0.956. The van der Waals surface area contributed by atoms with Crippen molar-refractivity contribution in [1.82, 2.24) is 30.0 Å². The van der Waals surface area contributed by atoms with Crippen LogP contribution in [0.1, 0.15) is 22.9 Å². The lowest BCUT2D eigenvalue weighted by molar-refractivity contribution is -0.133. The van der Waals surface area contributed by atoms with Crippen LogP contribution in [0, 0.1) is 11.6 Å². The third-order valence-corrected chi connectivity index (χ3v) is 6.24. The van der Waals surface area contributed by atoms with E-state index in [9.17, 15) is 13.6 Å². The highest BCUT2D eigenvalue weighted by Crippen LogP contribution is 2.27. The van der Waals surface area contributed by atoms with Gasteiger partial charge in [0.05, 0.1) is 18.2 Å². The van der Waals surface area contributed by atoms with Gasteiger partial charge in [0, 0.05) is 32.2 Å². The molecular formula is C26H24F2N6O. The number of benzene rings is 3. The topological polar surface area (TPSA) is 67.2 Å². The molecule has 1 amide bonds. The van der Waals surface area contributed by atoms with Crippen molar-refractivity contribution in [3.05, 3.63) is 107 Å². The summed E-state index contributed by atoms with van der Waals surface area (Å²) in [6.07, 6.45) is 0. The van der Waals surface area contributed by atoms with Crippen LogP contribution in [0.5, 0.6) is 0 Å². The monoisotopic (exact) mass is 474 g/mol. The molecule has 1 aromatic heterocycles. The molecule has 1 aliphatic rings. The second kappa shape index (κ2) is 10.1. The van der Waals surface area contributed by atoms with Crippen LogP contribution in [-0.4, -0.2) is 62.1 Å². The number of halogens is 2. The van der Waals surface area contributed by atoms with Gasteiger partial charge in [-0.3, -0.25) is 9.69 Å². The second-order valence-electron chi connectivity index (χ2n) is 8.46. The number of hydrogen-bond acceptors (Lipinski definition) is 5.